The third-order valence-electron chi connectivity index (χ3n) is 4.12. The van der Waals surface area contributed by atoms with Crippen LogP contribution in [-0.4, -0.2) is 23.5 Å². The Morgan fingerprint density at radius 1 is 1.07 bits per heavy atom. The number of halogens is 3. The van der Waals surface area contributed by atoms with Crippen molar-refractivity contribution in [2.24, 2.45) is 0 Å². The molecule has 1 unspecified atom stereocenters. The summed E-state index contributed by atoms with van der Waals surface area (Å²) in [5, 5.41) is 18.6. The number of benzene rings is 1. The van der Waals surface area contributed by atoms with Gasteiger partial charge in [-0.1, -0.05) is 12.1 Å². The van der Waals surface area contributed by atoms with E-state index in [0.29, 0.717) is 5.56 Å². The highest BCUT2D eigenvalue weighted by Crippen LogP contribution is 2.34. The monoisotopic (exact) mass is 424 g/mol. The van der Waals surface area contributed by atoms with Crippen LogP contribution < -0.4 is 10.6 Å². The number of alkyl halides is 3. The smallest absolute Gasteiger partial charge is 0.418 e. The maximum Gasteiger partial charge on any atom is 0.418 e. The Hall–Kier alpha value is -3.11. The molecule has 0 aliphatic rings. The van der Waals surface area contributed by atoms with Crippen molar-refractivity contribution in [2.45, 2.75) is 11.8 Å². The molecule has 6 nitrogen and oxygen atoms in total. The third-order valence-corrected chi connectivity index (χ3v) is 4.80. The lowest BCUT2D eigenvalue weighted by atomic mass is 9.93. The van der Waals surface area contributed by atoms with Crippen LogP contribution in [0.1, 0.15) is 16.9 Å². The van der Waals surface area contributed by atoms with Crippen molar-refractivity contribution in [3.63, 3.8) is 0 Å². The van der Waals surface area contributed by atoms with E-state index in [9.17, 15) is 27.9 Å². The molecule has 1 atom stereocenters. The molecule has 152 valence electrons. The van der Waals surface area contributed by atoms with Crippen LogP contribution in [0.2, 0.25) is 0 Å². The molecule has 0 aliphatic carbocycles. The molecule has 2 heterocycles. The van der Waals surface area contributed by atoms with Crippen LogP contribution in [0.15, 0.2) is 63.9 Å². The molecule has 1 aromatic carbocycles. The molecule has 0 fully saturated rings. The molecular weight excluding hydrogens is 409 g/mol. The van der Waals surface area contributed by atoms with Gasteiger partial charge < -0.3 is 20.2 Å². The second-order valence-corrected chi connectivity index (χ2v) is 6.81. The maximum atomic E-state index is 13.0. The lowest BCUT2D eigenvalue weighted by molar-refractivity contribution is -0.138. The van der Waals surface area contributed by atoms with Crippen molar-refractivity contribution in [3.8, 4) is 0 Å². The number of thiophene rings is 1. The average Bonchev–Trinajstić information content (AvgIpc) is 3.39. The first-order chi connectivity index (χ1) is 13.7. The van der Waals surface area contributed by atoms with E-state index >= 15 is 0 Å². The molecule has 29 heavy (non-hydrogen) atoms. The van der Waals surface area contributed by atoms with Gasteiger partial charge >= 0.3 is 18.0 Å². The SMILES string of the molecule is O=C(NCC(O)(c1ccsc1)c1ccco1)C(=O)Nc1ccccc1C(F)(F)F. The molecule has 3 N–H and O–H groups in total. The third kappa shape index (κ3) is 4.49. The average molecular weight is 424 g/mol. The Kier molecular flexibility index (Phi) is 5.76. The van der Waals surface area contributed by atoms with Crippen LogP contribution in [0.5, 0.6) is 0 Å². The lowest BCUT2D eigenvalue weighted by Crippen LogP contribution is -2.45. The van der Waals surface area contributed by atoms with E-state index < -0.39 is 41.4 Å². The van der Waals surface area contributed by atoms with E-state index in [-0.39, 0.29) is 5.76 Å². The minimum atomic E-state index is -4.70. The molecule has 3 rings (SSSR count). The first kappa shape index (κ1) is 20.6. The molecule has 0 saturated carbocycles. The summed E-state index contributed by atoms with van der Waals surface area (Å²) >= 11 is 1.31. The van der Waals surface area contributed by atoms with Gasteiger partial charge in [-0.3, -0.25) is 9.59 Å². The zero-order chi connectivity index (χ0) is 21.1. The number of furan rings is 1. The van der Waals surface area contributed by atoms with Crippen molar-refractivity contribution in [1.29, 1.82) is 0 Å². The van der Waals surface area contributed by atoms with Gasteiger partial charge in [-0.05, 0) is 41.1 Å². The zero-order valence-corrected chi connectivity index (χ0v) is 15.5. The molecule has 0 aliphatic heterocycles. The predicted octanol–water partition coefficient (Wildman–Crippen LogP) is 3.35. The number of carbonyl (C=O) groups excluding carboxylic acids is 2. The van der Waals surface area contributed by atoms with Crippen LogP contribution in [0.25, 0.3) is 0 Å². The predicted molar refractivity (Wildman–Crippen MR) is 99.1 cm³/mol. The number of rotatable bonds is 5. The fraction of sp³-hybridized carbons (Fsp3) is 0.158. The zero-order valence-electron chi connectivity index (χ0n) is 14.7. The maximum absolute atomic E-state index is 13.0. The van der Waals surface area contributed by atoms with Gasteiger partial charge in [0.15, 0.2) is 5.60 Å². The Labute approximate surface area is 167 Å². The van der Waals surface area contributed by atoms with E-state index in [0.717, 1.165) is 12.1 Å². The number of nitrogens with one attached hydrogen (secondary N) is 2. The number of hydrogen-bond acceptors (Lipinski definition) is 5. The number of para-hydroxylation sites is 1. The van der Waals surface area contributed by atoms with Gasteiger partial charge in [-0.25, -0.2) is 0 Å². The second-order valence-electron chi connectivity index (χ2n) is 6.03. The van der Waals surface area contributed by atoms with Crippen molar-refractivity contribution in [3.05, 3.63) is 76.4 Å². The largest absolute Gasteiger partial charge is 0.466 e. The topological polar surface area (TPSA) is 91.6 Å². The van der Waals surface area contributed by atoms with Crippen LogP contribution in [0, 0.1) is 0 Å². The van der Waals surface area contributed by atoms with E-state index in [2.05, 4.69) is 5.32 Å². The van der Waals surface area contributed by atoms with Gasteiger partial charge in [0, 0.05) is 5.56 Å². The molecule has 0 radical (unpaired) electrons. The highest BCUT2D eigenvalue weighted by Gasteiger charge is 2.37. The van der Waals surface area contributed by atoms with Gasteiger partial charge in [-0.15, -0.1) is 0 Å². The summed E-state index contributed by atoms with van der Waals surface area (Å²) in [5.41, 5.74) is -2.94. The number of aliphatic hydroxyl groups is 1. The molecule has 0 bridgehead atoms. The van der Waals surface area contributed by atoms with E-state index in [1.165, 1.54) is 35.8 Å². The molecule has 0 saturated heterocycles. The fourth-order valence-electron chi connectivity index (χ4n) is 2.65. The normalized spacial score (nSPS) is 13.5. The van der Waals surface area contributed by atoms with Crippen molar-refractivity contribution >= 4 is 28.8 Å². The Bertz CT molecular complexity index is 951. The van der Waals surface area contributed by atoms with Crippen molar-refractivity contribution in [2.75, 3.05) is 11.9 Å². The molecule has 2 aromatic heterocycles. The summed E-state index contributed by atoms with van der Waals surface area (Å²) in [6.45, 7) is -0.426. The molecular formula is C19H15F3N2O4S. The van der Waals surface area contributed by atoms with E-state index in [1.807, 2.05) is 5.32 Å². The van der Waals surface area contributed by atoms with E-state index in [1.54, 1.807) is 22.9 Å². The minimum absolute atomic E-state index is 0.138. The first-order valence-corrected chi connectivity index (χ1v) is 9.20. The van der Waals surface area contributed by atoms with E-state index in [4.69, 9.17) is 4.42 Å². The highest BCUT2D eigenvalue weighted by atomic mass is 32.1. The van der Waals surface area contributed by atoms with Gasteiger partial charge in [0.1, 0.15) is 5.76 Å². The minimum Gasteiger partial charge on any atom is -0.466 e. The molecule has 10 heteroatoms. The second kappa shape index (κ2) is 8.10. The van der Waals surface area contributed by atoms with Gasteiger partial charge in [-0.2, -0.15) is 24.5 Å². The summed E-state index contributed by atoms with van der Waals surface area (Å²) in [4.78, 5) is 24.2. The Balaban J connectivity index is 1.73. The number of carbonyl (C=O) groups is 2. The van der Waals surface area contributed by atoms with Crippen LogP contribution >= 0.6 is 11.3 Å². The summed E-state index contributed by atoms with van der Waals surface area (Å²) in [5.74, 6) is -2.37. The number of amides is 2. The van der Waals surface area contributed by atoms with Gasteiger partial charge in [0.2, 0.25) is 0 Å². The quantitative estimate of drug-likeness (QED) is 0.548. The summed E-state index contributed by atoms with van der Waals surface area (Å²) in [6, 6.07) is 8.98. The molecule has 3 aromatic rings. The van der Waals surface area contributed by atoms with Gasteiger partial charge in [0.25, 0.3) is 0 Å². The lowest BCUT2D eigenvalue weighted by Gasteiger charge is -2.25. The molecule has 0 spiro atoms. The highest BCUT2D eigenvalue weighted by molar-refractivity contribution is 7.08. The molecule has 2 amide bonds. The fourth-order valence-corrected chi connectivity index (χ4v) is 3.38. The van der Waals surface area contributed by atoms with Crippen molar-refractivity contribution in [1.82, 2.24) is 5.32 Å². The van der Waals surface area contributed by atoms with Crippen molar-refractivity contribution < 1.29 is 32.3 Å². The Morgan fingerprint density at radius 3 is 2.45 bits per heavy atom. The van der Waals surface area contributed by atoms with Crippen LogP contribution in [0.4, 0.5) is 18.9 Å². The van der Waals surface area contributed by atoms with Crippen LogP contribution in [-0.2, 0) is 21.4 Å². The number of anilines is 1. The van der Waals surface area contributed by atoms with Crippen LogP contribution in [0.3, 0.4) is 0 Å². The summed E-state index contributed by atoms with van der Waals surface area (Å²) < 4.78 is 44.3. The first-order valence-electron chi connectivity index (χ1n) is 8.26. The van der Waals surface area contributed by atoms with Gasteiger partial charge in [0.05, 0.1) is 24.1 Å². The number of hydrogen-bond donors (Lipinski definition) is 3. The standard InChI is InChI=1S/C19H15F3N2O4S/c20-19(21,22)13-4-1-2-5-14(13)24-17(26)16(25)23-11-18(27,12-7-9-29-10-12)15-6-3-8-28-15/h1-10,27H,11H2,(H,23,25)(H,24,26). The summed E-state index contributed by atoms with van der Waals surface area (Å²) in [7, 11) is 0. The Morgan fingerprint density at radius 2 is 1.83 bits per heavy atom. The summed E-state index contributed by atoms with van der Waals surface area (Å²) in [6.07, 6.45) is -3.35.